The Morgan fingerprint density at radius 1 is 0.952 bits per heavy atom. The lowest BCUT2D eigenvalue weighted by atomic mass is 10.0. The summed E-state index contributed by atoms with van der Waals surface area (Å²) in [6.07, 6.45) is 0.781. The first-order valence-electron chi connectivity index (χ1n) is 6.98. The fourth-order valence-electron chi connectivity index (χ4n) is 2.22. The molecule has 0 spiro atoms. The first kappa shape index (κ1) is 15.6. The highest BCUT2D eigenvalue weighted by Crippen LogP contribution is 2.15. The minimum atomic E-state index is -0.251. The van der Waals surface area contributed by atoms with Gasteiger partial charge in [0.15, 0.2) is 0 Å². The molecular weight excluding hydrogens is 270 g/mol. The minimum Gasteiger partial charge on any atom is -0.324 e. The molecule has 0 fully saturated rings. The van der Waals surface area contributed by atoms with Crippen LogP contribution in [0.15, 0.2) is 48.5 Å². The number of rotatable bonds is 6. The molecule has 0 bridgehead atoms. The maximum Gasteiger partial charge on any atom is 0.123 e. The van der Waals surface area contributed by atoms with Crippen LogP contribution in [0.3, 0.4) is 0 Å². The average Bonchev–Trinajstić information content (AvgIpc) is 2.48. The Morgan fingerprint density at radius 3 is 2.05 bits per heavy atom. The fourth-order valence-corrected chi connectivity index (χ4v) is 2.22. The van der Waals surface area contributed by atoms with Crippen LogP contribution in [-0.4, -0.2) is 18.5 Å². The summed E-state index contributed by atoms with van der Waals surface area (Å²) in [7, 11) is 2.00. The summed E-state index contributed by atoms with van der Waals surface area (Å²) in [5.41, 5.74) is 8.11. The molecule has 0 heterocycles. The topological polar surface area (TPSA) is 29.3 Å². The summed E-state index contributed by atoms with van der Waals surface area (Å²) < 4.78 is 25.7. The molecule has 0 aliphatic carbocycles. The van der Waals surface area contributed by atoms with Crippen LogP contribution in [-0.2, 0) is 6.54 Å². The van der Waals surface area contributed by atoms with E-state index in [0.29, 0.717) is 0 Å². The van der Waals surface area contributed by atoms with E-state index in [1.54, 1.807) is 24.3 Å². The van der Waals surface area contributed by atoms with E-state index in [1.165, 1.54) is 24.3 Å². The molecule has 2 N–H and O–H groups in total. The molecule has 2 aromatic carbocycles. The summed E-state index contributed by atoms with van der Waals surface area (Å²) in [4.78, 5) is 2.14. The first-order valence-corrected chi connectivity index (χ1v) is 6.98. The quantitative estimate of drug-likeness (QED) is 0.882. The molecule has 0 saturated heterocycles. The zero-order valence-electron chi connectivity index (χ0n) is 12.1. The van der Waals surface area contributed by atoms with E-state index in [1.807, 2.05) is 7.05 Å². The fraction of sp³-hybridized carbons (Fsp3) is 0.294. The van der Waals surface area contributed by atoms with Gasteiger partial charge in [-0.2, -0.15) is 0 Å². The Kier molecular flexibility index (Phi) is 5.42. The van der Waals surface area contributed by atoms with Gasteiger partial charge in [0.05, 0.1) is 0 Å². The van der Waals surface area contributed by atoms with Gasteiger partial charge in [-0.05, 0) is 55.4 Å². The predicted octanol–water partition coefficient (Wildman–Crippen LogP) is 3.49. The van der Waals surface area contributed by atoms with Crippen molar-refractivity contribution in [1.29, 1.82) is 0 Å². The third-order valence-corrected chi connectivity index (χ3v) is 3.49. The van der Waals surface area contributed by atoms with Crippen molar-refractivity contribution < 1.29 is 8.78 Å². The molecule has 0 aromatic heterocycles. The van der Waals surface area contributed by atoms with Gasteiger partial charge in [-0.15, -0.1) is 0 Å². The van der Waals surface area contributed by atoms with Crippen molar-refractivity contribution >= 4 is 0 Å². The molecule has 0 amide bonds. The summed E-state index contributed by atoms with van der Waals surface area (Å²) in [5.74, 6) is -0.473. The number of benzene rings is 2. The van der Waals surface area contributed by atoms with Crippen molar-refractivity contribution in [3.63, 3.8) is 0 Å². The molecule has 4 heteroatoms. The molecule has 1 unspecified atom stereocenters. The SMILES string of the molecule is CN(CCC(N)c1ccc(F)cc1)Cc1ccc(F)cc1. The Morgan fingerprint density at radius 2 is 1.48 bits per heavy atom. The second kappa shape index (κ2) is 7.29. The van der Waals surface area contributed by atoms with E-state index >= 15 is 0 Å². The summed E-state index contributed by atoms with van der Waals surface area (Å²) in [5, 5.41) is 0. The van der Waals surface area contributed by atoms with Crippen LogP contribution in [0.1, 0.15) is 23.6 Å². The van der Waals surface area contributed by atoms with Crippen molar-refractivity contribution in [3.05, 3.63) is 71.3 Å². The van der Waals surface area contributed by atoms with Crippen molar-refractivity contribution in [3.8, 4) is 0 Å². The number of halogens is 2. The molecule has 112 valence electrons. The van der Waals surface area contributed by atoms with Gasteiger partial charge in [-0.1, -0.05) is 24.3 Å². The monoisotopic (exact) mass is 290 g/mol. The highest BCUT2D eigenvalue weighted by atomic mass is 19.1. The van der Waals surface area contributed by atoms with E-state index < -0.39 is 0 Å². The normalized spacial score (nSPS) is 12.6. The van der Waals surface area contributed by atoms with Gasteiger partial charge in [0.1, 0.15) is 11.6 Å². The van der Waals surface area contributed by atoms with E-state index in [-0.39, 0.29) is 17.7 Å². The van der Waals surface area contributed by atoms with Crippen molar-refractivity contribution in [2.45, 2.75) is 19.0 Å². The molecule has 2 rings (SSSR count). The Balaban J connectivity index is 1.81. The zero-order chi connectivity index (χ0) is 15.2. The Bertz CT molecular complexity index is 552. The number of nitrogens with two attached hydrogens (primary N) is 1. The number of hydrogen-bond acceptors (Lipinski definition) is 2. The Labute approximate surface area is 124 Å². The van der Waals surface area contributed by atoms with Gasteiger partial charge in [0.25, 0.3) is 0 Å². The number of hydrogen-bond donors (Lipinski definition) is 1. The molecule has 0 radical (unpaired) electrons. The van der Waals surface area contributed by atoms with Crippen molar-refractivity contribution in [2.24, 2.45) is 5.73 Å². The van der Waals surface area contributed by atoms with E-state index in [9.17, 15) is 8.78 Å². The Hall–Kier alpha value is -1.78. The highest BCUT2D eigenvalue weighted by molar-refractivity contribution is 5.19. The second-order valence-electron chi connectivity index (χ2n) is 5.31. The predicted molar refractivity (Wildman–Crippen MR) is 80.7 cm³/mol. The average molecular weight is 290 g/mol. The second-order valence-corrected chi connectivity index (χ2v) is 5.31. The summed E-state index contributed by atoms with van der Waals surface area (Å²) in [6, 6.07) is 12.7. The van der Waals surface area contributed by atoms with Gasteiger partial charge >= 0.3 is 0 Å². The molecule has 1 atom stereocenters. The molecule has 2 aromatic rings. The molecule has 0 aliphatic heterocycles. The molecule has 21 heavy (non-hydrogen) atoms. The zero-order valence-corrected chi connectivity index (χ0v) is 12.1. The van der Waals surface area contributed by atoms with E-state index in [2.05, 4.69) is 4.90 Å². The van der Waals surface area contributed by atoms with E-state index in [4.69, 9.17) is 5.73 Å². The highest BCUT2D eigenvalue weighted by Gasteiger charge is 2.08. The first-order chi connectivity index (χ1) is 10.0. The van der Waals surface area contributed by atoms with Gasteiger partial charge in [0, 0.05) is 12.6 Å². The lowest BCUT2D eigenvalue weighted by molar-refractivity contribution is 0.311. The van der Waals surface area contributed by atoms with Crippen LogP contribution in [0.5, 0.6) is 0 Å². The van der Waals surface area contributed by atoms with Crippen LogP contribution >= 0.6 is 0 Å². The van der Waals surface area contributed by atoms with Gasteiger partial charge in [-0.3, -0.25) is 0 Å². The maximum absolute atomic E-state index is 12.9. The van der Waals surface area contributed by atoms with Crippen LogP contribution in [0.4, 0.5) is 8.78 Å². The lowest BCUT2D eigenvalue weighted by Gasteiger charge is -2.19. The lowest BCUT2D eigenvalue weighted by Crippen LogP contribution is -2.23. The van der Waals surface area contributed by atoms with Crippen LogP contribution in [0, 0.1) is 11.6 Å². The van der Waals surface area contributed by atoms with Gasteiger partial charge in [-0.25, -0.2) is 8.78 Å². The summed E-state index contributed by atoms with van der Waals surface area (Å²) in [6.45, 7) is 1.56. The largest absolute Gasteiger partial charge is 0.324 e. The maximum atomic E-state index is 12.9. The third kappa shape index (κ3) is 4.92. The van der Waals surface area contributed by atoms with Gasteiger partial charge < -0.3 is 10.6 Å². The van der Waals surface area contributed by atoms with Gasteiger partial charge in [0.2, 0.25) is 0 Å². The van der Waals surface area contributed by atoms with Crippen LogP contribution in [0.2, 0.25) is 0 Å². The van der Waals surface area contributed by atoms with Crippen LogP contribution < -0.4 is 5.73 Å². The smallest absolute Gasteiger partial charge is 0.123 e. The number of nitrogens with zero attached hydrogens (tertiary/aromatic N) is 1. The molecular formula is C17H20F2N2. The minimum absolute atomic E-state index is 0.110. The molecule has 0 aliphatic rings. The molecule has 2 nitrogen and oxygen atoms in total. The van der Waals surface area contributed by atoms with Crippen molar-refractivity contribution in [1.82, 2.24) is 4.90 Å². The van der Waals surface area contributed by atoms with Crippen LogP contribution in [0.25, 0.3) is 0 Å². The van der Waals surface area contributed by atoms with Crippen molar-refractivity contribution in [2.75, 3.05) is 13.6 Å². The summed E-state index contributed by atoms with van der Waals surface area (Å²) >= 11 is 0. The molecule has 0 saturated carbocycles. The van der Waals surface area contributed by atoms with E-state index in [0.717, 1.165) is 30.6 Å². The standard InChI is InChI=1S/C17H20F2N2/c1-21(12-13-2-6-15(18)7-3-13)11-10-17(20)14-4-8-16(19)9-5-14/h2-9,17H,10-12,20H2,1H3. The third-order valence-electron chi connectivity index (χ3n) is 3.49.